The van der Waals surface area contributed by atoms with Crippen LogP contribution < -0.4 is 0 Å². The lowest BCUT2D eigenvalue weighted by Gasteiger charge is -2.17. The highest BCUT2D eigenvalue weighted by atomic mass is 32.2. The van der Waals surface area contributed by atoms with Crippen LogP contribution in [-0.2, 0) is 11.2 Å². The summed E-state index contributed by atoms with van der Waals surface area (Å²) in [5, 5.41) is 8.15. The molecule has 3 rings (SSSR count). The van der Waals surface area contributed by atoms with Crippen LogP contribution in [0.15, 0.2) is 5.16 Å². The van der Waals surface area contributed by atoms with Crippen molar-refractivity contribution in [1.29, 1.82) is 0 Å². The summed E-state index contributed by atoms with van der Waals surface area (Å²) in [5.74, 6) is 2.25. The lowest BCUT2D eigenvalue weighted by molar-refractivity contribution is -0.119. The first-order chi connectivity index (χ1) is 9.81. The molecular weight excluding hydrogens is 270 g/mol. The maximum Gasteiger partial charge on any atom is 0.209 e. The van der Waals surface area contributed by atoms with Crippen molar-refractivity contribution in [2.24, 2.45) is 5.92 Å². The second-order valence-electron chi connectivity index (χ2n) is 6.07. The van der Waals surface area contributed by atoms with E-state index in [0.717, 1.165) is 49.0 Å². The van der Waals surface area contributed by atoms with Crippen LogP contribution in [-0.4, -0.2) is 26.2 Å². The van der Waals surface area contributed by atoms with Gasteiger partial charge in [-0.1, -0.05) is 43.9 Å². The monoisotopic (exact) mass is 293 g/mol. The predicted octanol–water partition coefficient (Wildman–Crippen LogP) is 3.53. The SMILES string of the molecule is O=C1CCCC[C@@H]1Sc1n[nH]c(CCC2CCCC2)n1. The van der Waals surface area contributed by atoms with Gasteiger partial charge in [-0.15, -0.1) is 5.10 Å². The standard InChI is InChI=1S/C15H23N3OS/c19-12-7-3-4-8-13(12)20-15-16-14(17-18-15)10-9-11-5-1-2-6-11/h11,13H,1-10H2,(H,16,17,18)/t13-/m0/s1. The number of Topliss-reactive ketones (excluding diaryl/α,β-unsaturated/α-hetero) is 1. The van der Waals surface area contributed by atoms with Gasteiger partial charge in [0.1, 0.15) is 11.6 Å². The zero-order valence-electron chi connectivity index (χ0n) is 11.9. The molecule has 0 bridgehead atoms. The second kappa shape index (κ2) is 6.74. The summed E-state index contributed by atoms with van der Waals surface area (Å²) in [6.07, 6.45) is 11.7. The number of aryl methyl sites for hydroxylation is 1. The van der Waals surface area contributed by atoms with Crippen LogP contribution in [0.3, 0.4) is 0 Å². The number of aromatic amines is 1. The molecule has 1 atom stereocenters. The average Bonchev–Trinajstić information content (AvgIpc) is 3.10. The number of carbonyl (C=O) groups excluding carboxylic acids is 1. The van der Waals surface area contributed by atoms with Crippen molar-refractivity contribution < 1.29 is 4.79 Å². The first kappa shape index (κ1) is 14.1. The van der Waals surface area contributed by atoms with Gasteiger partial charge in [0.15, 0.2) is 0 Å². The van der Waals surface area contributed by atoms with Crippen LogP contribution in [0, 0.1) is 5.92 Å². The van der Waals surface area contributed by atoms with Crippen LogP contribution in [0.4, 0.5) is 0 Å². The molecule has 0 spiro atoms. The van der Waals surface area contributed by atoms with Gasteiger partial charge in [0.25, 0.3) is 0 Å². The molecule has 0 aromatic carbocycles. The predicted molar refractivity (Wildman–Crippen MR) is 79.8 cm³/mol. The summed E-state index contributed by atoms with van der Waals surface area (Å²) in [6, 6.07) is 0. The first-order valence-corrected chi connectivity index (χ1v) is 8.80. The molecule has 1 heterocycles. The normalized spacial score (nSPS) is 24.4. The number of carbonyl (C=O) groups is 1. The number of H-pyrrole nitrogens is 1. The van der Waals surface area contributed by atoms with Gasteiger partial charge in [0, 0.05) is 12.8 Å². The number of rotatable bonds is 5. The molecule has 2 saturated carbocycles. The molecule has 2 aliphatic rings. The Morgan fingerprint density at radius 3 is 2.75 bits per heavy atom. The molecule has 0 unspecified atom stereocenters. The highest BCUT2D eigenvalue weighted by Crippen LogP contribution is 2.30. The van der Waals surface area contributed by atoms with Gasteiger partial charge in [-0.25, -0.2) is 4.98 Å². The van der Waals surface area contributed by atoms with Gasteiger partial charge >= 0.3 is 0 Å². The minimum absolute atomic E-state index is 0.0854. The molecule has 1 N–H and O–H groups in total. The maximum atomic E-state index is 11.8. The number of aromatic nitrogens is 3. The fourth-order valence-electron chi connectivity index (χ4n) is 3.29. The Hall–Kier alpha value is -0.840. The fourth-order valence-corrected chi connectivity index (χ4v) is 4.33. The highest BCUT2D eigenvalue weighted by Gasteiger charge is 2.24. The van der Waals surface area contributed by atoms with Crippen LogP contribution in [0.1, 0.15) is 63.6 Å². The highest BCUT2D eigenvalue weighted by molar-refractivity contribution is 8.00. The van der Waals surface area contributed by atoms with Gasteiger partial charge in [-0.3, -0.25) is 9.89 Å². The third-order valence-corrected chi connectivity index (χ3v) is 5.70. The first-order valence-electron chi connectivity index (χ1n) is 7.92. The molecule has 20 heavy (non-hydrogen) atoms. The van der Waals surface area contributed by atoms with Crippen molar-refractivity contribution in [3.05, 3.63) is 5.82 Å². The van der Waals surface area contributed by atoms with Crippen molar-refractivity contribution in [2.75, 3.05) is 0 Å². The summed E-state index contributed by atoms with van der Waals surface area (Å²) >= 11 is 1.55. The van der Waals surface area contributed by atoms with Crippen LogP contribution >= 0.6 is 11.8 Å². The van der Waals surface area contributed by atoms with E-state index in [4.69, 9.17) is 0 Å². The lowest BCUT2D eigenvalue weighted by Crippen LogP contribution is -2.21. The van der Waals surface area contributed by atoms with Gasteiger partial charge < -0.3 is 0 Å². The number of thioether (sulfide) groups is 1. The van der Waals surface area contributed by atoms with Crippen molar-refractivity contribution in [2.45, 2.75) is 74.6 Å². The van der Waals surface area contributed by atoms with E-state index < -0.39 is 0 Å². The molecular formula is C15H23N3OS. The Morgan fingerprint density at radius 2 is 1.95 bits per heavy atom. The molecule has 0 amide bonds. The minimum atomic E-state index is 0.0854. The minimum Gasteiger partial charge on any atom is -0.298 e. The molecule has 5 heteroatoms. The summed E-state index contributed by atoms with van der Waals surface area (Å²) < 4.78 is 0. The van der Waals surface area contributed by atoms with Crippen molar-refractivity contribution >= 4 is 17.5 Å². The van der Waals surface area contributed by atoms with Gasteiger partial charge in [-0.2, -0.15) is 0 Å². The van der Waals surface area contributed by atoms with Crippen LogP contribution in [0.25, 0.3) is 0 Å². The second-order valence-corrected chi connectivity index (χ2v) is 7.24. The summed E-state index contributed by atoms with van der Waals surface area (Å²) in [5.41, 5.74) is 0. The molecule has 1 aromatic rings. The Kier molecular flexibility index (Phi) is 4.76. The largest absolute Gasteiger partial charge is 0.298 e. The Balaban J connectivity index is 1.49. The molecule has 4 nitrogen and oxygen atoms in total. The lowest BCUT2D eigenvalue weighted by atomic mass is 9.99. The van der Waals surface area contributed by atoms with E-state index in [1.165, 1.54) is 32.1 Å². The number of hydrogen-bond donors (Lipinski definition) is 1. The summed E-state index contributed by atoms with van der Waals surface area (Å²) in [4.78, 5) is 16.4. The average molecular weight is 293 g/mol. The summed E-state index contributed by atoms with van der Waals surface area (Å²) in [6.45, 7) is 0. The fraction of sp³-hybridized carbons (Fsp3) is 0.800. The zero-order chi connectivity index (χ0) is 13.8. The Labute approximate surface area is 124 Å². The molecule has 1 aromatic heterocycles. The Bertz CT molecular complexity index is 454. The van der Waals surface area contributed by atoms with Gasteiger partial charge in [-0.05, 0) is 25.2 Å². The van der Waals surface area contributed by atoms with E-state index in [2.05, 4.69) is 15.2 Å². The van der Waals surface area contributed by atoms with E-state index in [9.17, 15) is 4.79 Å². The van der Waals surface area contributed by atoms with Crippen molar-refractivity contribution in [3.8, 4) is 0 Å². The number of hydrogen-bond acceptors (Lipinski definition) is 4. The molecule has 0 saturated heterocycles. The molecule has 0 radical (unpaired) electrons. The summed E-state index contributed by atoms with van der Waals surface area (Å²) in [7, 11) is 0. The third kappa shape index (κ3) is 3.62. The maximum absolute atomic E-state index is 11.8. The van der Waals surface area contributed by atoms with Gasteiger partial charge in [0.05, 0.1) is 5.25 Å². The Morgan fingerprint density at radius 1 is 1.15 bits per heavy atom. The zero-order valence-corrected chi connectivity index (χ0v) is 12.8. The van der Waals surface area contributed by atoms with Crippen LogP contribution in [0.5, 0.6) is 0 Å². The van der Waals surface area contributed by atoms with Gasteiger partial charge in [0.2, 0.25) is 5.16 Å². The molecule has 0 aliphatic heterocycles. The smallest absolute Gasteiger partial charge is 0.209 e. The number of ketones is 1. The quantitative estimate of drug-likeness (QED) is 0.902. The van der Waals surface area contributed by atoms with Crippen molar-refractivity contribution in [3.63, 3.8) is 0 Å². The van der Waals surface area contributed by atoms with E-state index >= 15 is 0 Å². The molecule has 2 aliphatic carbocycles. The van der Waals surface area contributed by atoms with Crippen molar-refractivity contribution in [1.82, 2.24) is 15.2 Å². The number of nitrogens with one attached hydrogen (secondary N) is 1. The molecule has 110 valence electrons. The number of nitrogens with zero attached hydrogens (tertiary/aromatic N) is 2. The van der Waals surface area contributed by atoms with E-state index in [0.29, 0.717) is 5.78 Å². The topological polar surface area (TPSA) is 58.6 Å². The van der Waals surface area contributed by atoms with Crippen LogP contribution in [0.2, 0.25) is 0 Å². The van der Waals surface area contributed by atoms with E-state index in [1.807, 2.05) is 0 Å². The third-order valence-electron chi connectivity index (χ3n) is 4.52. The molecule has 2 fully saturated rings. The van der Waals surface area contributed by atoms with E-state index in [-0.39, 0.29) is 5.25 Å². The van der Waals surface area contributed by atoms with E-state index in [1.54, 1.807) is 11.8 Å².